The predicted molar refractivity (Wildman–Crippen MR) is 79.1 cm³/mol. The summed E-state index contributed by atoms with van der Waals surface area (Å²) in [5.74, 6) is 1.46. The van der Waals surface area contributed by atoms with Crippen molar-refractivity contribution in [2.45, 2.75) is 41.0 Å². The molecule has 1 saturated heterocycles. The van der Waals surface area contributed by atoms with Crippen LogP contribution in [0.1, 0.15) is 39.7 Å². The maximum absolute atomic E-state index is 9.03. The molecule has 3 heteroatoms. The van der Waals surface area contributed by atoms with E-state index in [0.717, 1.165) is 25.3 Å². The number of aliphatic hydroxyl groups excluding tert-OH is 1. The maximum Gasteiger partial charge on any atom is 0.128 e. The molecular formula is C15H28N2O. The van der Waals surface area contributed by atoms with Crippen LogP contribution < -0.4 is 4.90 Å². The Labute approximate surface area is 112 Å². The summed E-state index contributed by atoms with van der Waals surface area (Å²) in [5, 5.41) is 9.03. The fourth-order valence-corrected chi connectivity index (χ4v) is 1.84. The average molecular weight is 252 g/mol. The topological polar surface area (TPSA) is 36.4 Å². The maximum atomic E-state index is 9.03. The second-order valence-electron chi connectivity index (χ2n) is 3.98. The number of aromatic nitrogens is 1. The van der Waals surface area contributed by atoms with Crippen LogP contribution in [0.5, 0.6) is 0 Å². The summed E-state index contributed by atoms with van der Waals surface area (Å²) < 4.78 is 0. The highest BCUT2D eigenvalue weighted by atomic mass is 16.3. The number of nitrogens with zero attached hydrogens (tertiary/aromatic N) is 2. The van der Waals surface area contributed by atoms with Gasteiger partial charge in [0.25, 0.3) is 0 Å². The Morgan fingerprint density at radius 2 is 1.94 bits per heavy atom. The van der Waals surface area contributed by atoms with Crippen LogP contribution in [0, 0.1) is 12.8 Å². The molecule has 1 atom stereocenters. The van der Waals surface area contributed by atoms with E-state index in [4.69, 9.17) is 5.11 Å². The van der Waals surface area contributed by atoms with Crippen molar-refractivity contribution < 1.29 is 5.11 Å². The van der Waals surface area contributed by atoms with E-state index in [9.17, 15) is 0 Å². The normalized spacial score (nSPS) is 17.4. The molecule has 1 unspecified atom stereocenters. The standard InChI is InChI=1S/C11H16N2O.2C2H6/c1-9-2-3-11(12-6-9)13-5-4-10(7-13)8-14;2*1-2/h2-3,6,10,14H,4-5,7-8H2,1H3;2*1-2H3. The van der Waals surface area contributed by atoms with E-state index in [1.54, 1.807) is 0 Å². The molecule has 18 heavy (non-hydrogen) atoms. The van der Waals surface area contributed by atoms with E-state index in [1.165, 1.54) is 5.56 Å². The van der Waals surface area contributed by atoms with Gasteiger partial charge in [-0.25, -0.2) is 4.98 Å². The minimum atomic E-state index is 0.294. The summed E-state index contributed by atoms with van der Waals surface area (Å²) in [7, 11) is 0. The molecule has 1 N–H and O–H groups in total. The van der Waals surface area contributed by atoms with E-state index < -0.39 is 0 Å². The van der Waals surface area contributed by atoms with Crippen LogP contribution >= 0.6 is 0 Å². The fraction of sp³-hybridized carbons (Fsp3) is 0.667. The van der Waals surface area contributed by atoms with Gasteiger partial charge in [-0.15, -0.1) is 0 Å². The van der Waals surface area contributed by atoms with Gasteiger partial charge < -0.3 is 10.0 Å². The van der Waals surface area contributed by atoms with E-state index in [2.05, 4.69) is 22.0 Å². The van der Waals surface area contributed by atoms with Gasteiger partial charge in [0, 0.05) is 31.8 Å². The molecule has 1 fully saturated rings. The number of pyridine rings is 1. The van der Waals surface area contributed by atoms with Gasteiger partial charge in [0.05, 0.1) is 0 Å². The lowest BCUT2D eigenvalue weighted by atomic mass is 10.1. The van der Waals surface area contributed by atoms with Crippen LogP contribution in [-0.2, 0) is 0 Å². The van der Waals surface area contributed by atoms with Crippen molar-refractivity contribution in [2.75, 3.05) is 24.6 Å². The van der Waals surface area contributed by atoms with Crippen LogP contribution in [0.2, 0.25) is 0 Å². The molecule has 1 aliphatic heterocycles. The third-order valence-electron chi connectivity index (χ3n) is 2.76. The highest BCUT2D eigenvalue weighted by Gasteiger charge is 2.22. The van der Waals surface area contributed by atoms with Crippen molar-refractivity contribution in [1.82, 2.24) is 4.98 Å². The van der Waals surface area contributed by atoms with E-state index in [1.807, 2.05) is 40.8 Å². The Morgan fingerprint density at radius 1 is 1.28 bits per heavy atom. The van der Waals surface area contributed by atoms with Crippen LogP contribution in [0.3, 0.4) is 0 Å². The first kappa shape index (κ1) is 16.9. The zero-order valence-corrected chi connectivity index (χ0v) is 12.5. The summed E-state index contributed by atoms with van der Waals surface area (Å²) in [6.07, 6.45) is 2.97. The van der Waals surface area contributed by atoms with E-state index in [-0.39, 0.29) is 0 Å². The Morgan fingerprint density at radius 3 is 2.39 bits per heavy atom. The van der Waals surface area contributed by atoms with Crippen LogP contribution in [0.15, 0.2) is 18.3 Å². The largest absolute Gasteiger partial charge is 0.396 e. The van der Waals surface area contributed by atoms with Gasteiger partial charge in [0.1, 0.15) is 5.82 Å². The van der Waals surface area contributed by atoms with Crippen molar-refractivity contribution in [3.63, 3.8) is 0 Å². The molecule has 0 bridgehead atoms. The molecule has 2 rings (SSSR count). The zero-order valence-electron chi connectivity index (χ0n) is 12.5. The third-order valence-corrected chi connectivity index (χ3v) is 2.76. The van der Waals surface area contributed by atoms with Crippen LogP contribution in [0.25, 0.3) is 0 Å². The second-order valence-corrected chi connectivity index (χ2v) is 3.98. The minimum Gasteiger partial charge on any atom is -0.396 e. The first-order valence-corrected chi connectivity index (χ1v) is 7.08. The first-order valence-electron chi connectivity index (χ1n) is 7.08. The monoisotopic (exact) mass is 252 g/mol. The molecule has 0 aromatic carbocycles. The number of aliphatic hydroxyl groups is 1. The molecule has 104 valence electrons. The number of rotatable bonds is 2. The molecule has 0 saturated carbocycles. The van der Waals surface area contributed by atoms with Crippen molar-refractivity contribution in [3.05, 3.63) is 23.9 Å². The molecule has 0 amide bonds. The molecular weight excluding hydrogens is 224 g/mol. The number of hydrogen-bond donors (Lipinski definition) is 1. The van der Waals surface area contributed by atoms with Gasteiger partial charge in [-0.3, -0.25) is 0 Å². The summed E-state index contributed by atoms with van der Waals surface area (Å²) in [4.78, 5) is 6.61. The predicted octanol–water partition coefficient (Wildman–Crippen LogP) is 3.26. The van der Waals surface area contributed by atoms with Crippen LogP contribution in [-0.4, -0.2) is 29.8 Å². The quantitative estimate of drug-likeness (QED) is 0.877. The highest BCUT2D eigenvalue weighted by molar-refractivity contribution is 5.40. The molecule has 1 aromatic heterocycles. The van der Waals surface area contributed by atoms with E-state index in [0.29, 0.717) is 12.5 Å². The Hall–Kier alpha value is -1.09. The van der Waals surface area contributed by atoms with Gasteiger partial charge in [-0.1, -0.05) is 33.8 Å². The highest BCUT2D eigenvalue weighted by Crippen LogP contribution is 2.21. The molecule has 0 spiro atoms. The molecule has 0 radical (unpaired) electrons. The zero-order chi connectivity index (χ0) is 14.0. The van der Waals surface area contributed by atoms with Gasteiger partial charge in [-0.05, 0) is 25.0 Å². The fourth-order valence-electron chi connectivity index (χ4n) is 1.84. The Balaban J connectivity index is 0.000000659. The molecule has 1 aromatic rings. The SMILES string of the molecule is CC.CC.Cc1ccc(N2CCC(CO)C2)nc1. The second kappa shape index (κ2) is 9.89. The van der Waals surface area contributed by atoms with Gasteiger partial charge in [0.2, 0.25) is 0 Å². The van der Waals surface area contributed by atoms with Crippen molar-refractivity contribution >= 4 is 5.82 Å². The molecule has 2 heterocycles. The summed E-state index contributed by atoms with van der Waals surface area (Å²) in [6, 6.07) is 4.13. The number of aryl methyl sites for hydroxylation is 1. The lowest BCUT2D eigenvalue weighted by Crippen LogP contribution is -2.21. The third kappa shape index (κ3) is 5.05. The van der Waals surface area contributed by atoms with Crippen molar-refractivity contribution in [1.29, 1.82) is 0 Å². The van der Waals surface area contributed by atoms with Crippen molar-refractivity contribution in [3.8, 4) is 0 Å². The smallest absolute Gasteiger partial charge is 0.128 e. The minimum absolute atomic E-state index is 0.294. The number of anilines is 1. The Kier molecular flexibility index (Phi) is 9.29. The van der Waals surface area contributed by atoms with Gasteiger partial charge >= 0.3 is 0 Å². The van der Waals surface area contributed by atoms with Gasteiger partial charge in [0.15, 0.2) is 0 Å². The Bertz CT molecular complexity index is 298. The summed E-state index contributed by atoms with van der Waals surface area (Å²) >= 11 is 0. The average Bonchev–Trinajstić information content (AvgIpc) is 2.93. The van der Waals surface area contributed by atoms with Gasteiger partial charge in [-0.2, -0.15) is 0 Å². The van der Waals surface area contributed by atoms with Crippen molar-refractivity contribution in [2.24, 2.45) is 5.92 Å². The lowest BCUT2D eigenvalue weighted by Gasteiger charge is -2.16. The molecule has 0 aliphatic carbocycles. The molecule has 3 nitrogen and oxygen atoms in total. The first-order chi connectivity index (χ1) is 8.79. The summed E-state index contributed by atoms with van der Waals surface area (Å²) in [5.41, 5.74) is 1.19. The molecule has 1 aliphatic rings. The lowest BCUT2D eigenvalue weighted by molar-refractivity contribution is 0.238. The van der Waals surface area contributed by atoms with E-state index >= 15 is 0 Å². The summed E-state index contributed by atoms with van der Waals surface area (Å²) in [6.45, 7) is 12.3. The number of hydrogen-bond acceptors (Lipinski definition) is 3. The van der Waals surface area contributed by atoms with Crippen LogP contribution in [0.4, 0.5) is 5.82 Å².